The standard InChI is InChI=1S/C13H12ClNO4/c1-18-10-4-2-9(3-5-10)8-11(14)12-6-7-13(19-12)15(16)17/h2-7,11H,8H2,1H3. The second-order valence-electron chi connectivity index (χ2n) is 3.95. The van der Waals surface area contributed by atoms with Gasteiger partial charge in [0.25, 0.3) is 0 Å². The molecule has 6 heteroatoms. The first kappa shape index (κ1) is 13.4. The second-order valence-corrected chi connectivity index (χ2v) is 4.48. The third-order valence-electron chi connectivity index (χ3n) is 2.68. The van der Waals surface area contributed by atoms with E-state index in [1.165, 1.54) is 12.1 Å². The molecule has 0 spiro atoms. The molecule has 2 rings (SSSR count). The van der Waals surface area contributed by atoms with E-state index in [1.807, 2.05) is 24.3 Å². The van der Waals surface area contributed by atoms with Crippen molar-refractivity contribution in [1.29, 1.82) is 0 Å². The first-order valence-corrected chi connectivity index (χ1v) is 6.05. The molecule has 1 aromatic heterocycles. The van der Waals surface area contributed by atoms with Crippen LogP contribution in [0.1, 0.15) is 16.7 Å². The van der Waals surface area contributed by atoms with Gasteiger partial charge in [-0.3, -0.25) is 10.1 Å². The van der Waals surface area contributed by atoms with Crippen LogP contribution in [0.2, 0.25) is 0 Å². The monoisotopic (exact) mass is 281 g/mol. The Hall–Kier alpha value is -2.01. The van der Waals surface area contributed by atoms with E-state index >= 15 is 0 Å². The predicted octanol–water partition coefficient (Wildman–Crippen LogP) is 3.72. The third-order valence-corrected chi connectivity index (χ3v) is 3.04. The highest BCUT2D eigenvalue weighted by molar-refractivity contribution is 6.20. The molecule has 0 saturated carbocycles. The molecule has 0 radical (unpaired) electrons. The number of rotatable bonds is 5. The van der Waals surface area contributed by atoms with Gasteiger partial charge in [0.1, 0.15) is 16.4 Å². The van der Waals surface area contributed by atoms with Crippen molar-refractivity contribution in [2.45, 2.75) is 11.8 Å². The summed E-state index contributed by atoms with van der Waals surface area (Å²) in [5, 5.41) is 10.1. The average Bonchev–Trinajstić information content (AvgIpc) is 2.89. The molecule has 0 aliphatic carbocycles. The van der Waals surface area contributed by atoms with Crippen LogP contribution >= 0.6 is 11.6 Å². The van der Waals surface area contributed by atoms with Crippen LogP contribution in [0.4, 0.5) is 5.88 Å². The van der Waals surface area contributed by atoms with E-state index in [9.17, 15) is 10.1 Å². The third kappa shape index (κ3) is 3.26. The smallest absolute Gasteiger partial charge is 0.433 e. The molecule has 100 valence electrons. The van der Waals surface area contributed by atoms with Gasteiger partial charge in [0.2, 0.25) is 0 Å². The van der Waals surface area contributed by atoms with Crippen LogP contribution < -0.4 is 4.74 Å². The van der Waals surface area contributed by atoms with E-state index < -0.39 is 10.3 Å². The maximum atomic E-state index is 10.5. The molecule has 1 atom stereocenters. The number of benzene rings is 1. The summed E-state index contributed by atoms with van der Waals surface area (Å²) in [5.74, 6) is 0.864. The van der Waals surface area contributed by atoms with Gasteiger partial charge in [0, 0.05) is 0 Å². The summed E-state index contributed by atoms with van der Waals surface area (Å²) >= 11 is 6.18. The zero-order valence-corrected chi connectivity index (χ0v) is 11.0. The molecule has 0 amide bonds. The Morgan fingerprint density at radius 3 is 2.53 bits per heavy atom. The lowest BCUT2D eigenvalue weighted by Gasteiger charge is -2.07. The Labute approximate surface area is 114 Å². The fourth-order valence-electron chi connectivity index (χ4n) is 1.68. The number of halogens is 1. The number of alkyl halides is 1. The summed E-state index contributed by atoms with van der Waals surface area (Å²) in [5.41, 5.74) is 1.000. The molecule has 5 nitrogen and oxygen atoms in total. The van der Waals surface area contributed by atoms with Crippen molar-refractivity contribution < 1.29 is 14.1 Å². The van der Waals surface area contributed by atoms with E-state index in [-0.39, 0.29) is 5.88 Å². The van der Waals surface area contributed by atoms with Crippen molar-refractivity contribution in [3.05, 3.63) is 57.8 Å². The Bertz CT molecular complexity index is 564. The number of hydrogen-bond acceptors (Lipinski definition) is 4. The lowest BCUT2D eigenvalue weighted by Crippen LogP contribution is -1.94. The maximum absolute atomic E-state index is 10.5. The minimum absolute atomic E-state index is 0.296. The van der Waals surface area contributed by atoms with E-state index in [0.717, 1.165) is 11.3 Å². The molecule has 0 bridgehead atoms. The van der Waals surface area contributed by atoms with Gasteiger partial charge in [-0.25, -0.2) is 0 Å². The molecule has 1 unspecified atom stereocenters. The molecule has 19 heavy (non-hydrogen) atoms. The van der Waals surface area contributed by atoms with E-state index in [0.29, 0.717) is 12.2 Å². The average molecular weight is 282 g/mol. The van der Waals surface area contributed by atoms with Gasteiger partial charge >= 0.3 is 5.88 Å². The number of hydrogen-bond donors (Lipinski definition) is 0. The zero-order chi connectivity index (χ0) is 13.8. The van der Waals surface area contributed by atoms with Crippen molar-refractivity contribution in [2.24, 2.45) is 0 Å². The van der Waals surface area contributed by atoms with Crippen molar-refractivity contribution in [3.63, 3.8) is 0 Å². The van der Waals surface area contributed by atoms with Crippen LogP contribution in [0, 0.1) is 10.1 Å². The van der Waals surface area contributed by atoms with Gasteiger partial charge in [0.15, 0.2) is 0 Å². The highest BCUT2D eigenvalue weighted by Gasteiger charge is 2.18. The molecule has 0 aliphatic rings. The summed E-state index contributed by atoms with van der Waals surface area (Å²) in [6.07, 6.45) is 0.524. The highest BCUT2D eigenvalue weighted by Crippen LogP contribution is 2.29. The molecule has 1 heterocycles. The normalized spacial score (nSPS) is 12.1. The lowest BCUT2D eigenvalue weighted by atomic mass is 10.1. The summed E-state index contributed by atoms with van der Waals surface area (Å²) < 4.78 is 10.1. The van der Waals surface area contributed by atoms with Crippen molar-refractivity contribution in [1.82, 2.24) is 0 Å². The van der Waals surface area contributed by atoms with Gasteiger partial charge in [0.05, 0.1) is 18.6 Å². The molecule has 0 saturated heterocycles. The van der Waals surface area contributed by atoms with E-state index in [1.54, 1.807) is 7.11 Å². The quantitative estimate of drug-likeness (QED) is 0.476. The molecular weight excluding hydrogens is 270 g/mol. The fourth-order valence-corrected chi connectivity index (χ4v) is 1.97. The van der Waals surface area contributed by atoms with Gasteiger partial charge in [-0.15, -0.1) is 11.6 Å². The molecular formula is C13H12ClNO4. The molecule has 0 fully saturated rings. The Balaban J connectivity index is 2.06. The van der Waals surface area contributed by atoms with E-state index in [4.69, 9.17) is 20.8 Å². The Morgan fingerprint density at radius 2 is 2.00 bits per heavy atom. The minimum Gasteiger partial charge on any atom is -0.497 e. The van der Waals surface area contributed by atoms with Crippen LogP contribution in [-0.4, -0.2) is 12.0 Å². The van der Waals surface area contributed by atoms with Crippen LogP contribution in [0.15, 0.2) is 40.8 Å². The maximum Gasteiger partial charge on any atom is 0.433 e. The summed E-state index contributed by atoms with van der Waals surface area (Å²) in [7, 11) is 1.60. The number of nitrogens with zero attached hydrogens (tertiary/aromatic N) is 1. The topological polar surface area (TPSA) is 65.5 Å². The van der Waals surface area contributed by atoms with Crippen LogP contribution in [0.3, 0.4) is 0 Å². The second kappa shape index (κ2) is 5.75. The van der Waals surface area contributed by atoms with Crippen LogP contribution in [-0.2, 0) is 6.42 Å². The first-order valence-electron chi connectivity index (χ1n) is 5.61. The largest absolute Gasteiger partial charge is 0.497 e. The number of nitro groups is 1. The minimum atomic E-state index is -0.583. The molecule has 0 N–H and O–H groups in total. The Morgan fingerprint density at radius 1 is 1.32 bits per heavy atom. The molecule has 0 aliphatic heterocycles. The van der Waals surface area contributed by atoms with Crippen LogP contribution in [0.5, 0.6) is 5.75 Å². The van der Waals surface area contributed by atoms with Gasteiger partial charge in [-0.2, -0.15) is 0 Å². The zero-order valence-electron chi connectivity index (χ0n) is 10.2. The highest BCUT2D eigenvalue weighted by atomic mass is 35.5. The fraction of sp³-hybridized carbons (Fsp3) is 0.231. The van der Waals surface area contributed by atoms with E-state index in [2.05, 4.69) is 0 Å². The van der Waals surface area contributed by atoms with Crippen molar-refractivity contribution in [3.8, 4) is 5.75 Å². The summed E-state index contributed by atoms with van der Waals surface area (Å²) in [6, 6.07) is 10.3. The number of methoxy groups -OCH3 is 1. The Kier molecular flexibility index (Phi) is 4.06. The molecule has 1 aromatic carbocycles. The SMILES string of the molecule is COc1ccc(CC(Cl)c2ccc([N+](=O)[O-])o2)cc1. The summed E-state index contributed by atoms with van der Waals surface area (Å²) in [4.78, 5) is 9.94. The predicted molar refractivity (Wildman–Crippen MR) is 70.7 cm³/mol. The van der Waals surface area contributed by atoms with Gasteiger partial charge < -0.3 is 9.15 Å². The first-order chi connectivity index (χ1) is 9.10. The summed E-state index contributed by atoms with van der Waals surface area (Å²) in [6.45, 7) is 0. The number of furan rings is 1. The number of ether oxygens (including phenoxy) is 1. The van der Waals surface area contributed by atoms with Crippen LogP contribution in [0.25, 0.3) is 0 Å². The van der Waals surface area contributed by atoms with Crippen molar-refractivity contribution in [2.75, 3.05) is 7.11 Å². The van der Waals surface area contributed by atoms with Crippen molar-refractivity contribution >= 4 is 17.5 Å². The van der Waals surface area contributed by atoms with Gasteiger partial charge in [-0.1, -0.05) is 12.1 Å². The lowest BCUT2D eigenvalue weighted by molar-refractivity contribution is -0.402. The molecule has 2 aromatic rings. The van der Waals surface area contributed by atoms with Gasteiger partial charge in [-0.05, 0) is 30.2 Å².